The minimum absolute atomic E-state index is 0.378. The van der Waals surface area contributed by atoms with Crippen molar-refractivity contribution >= 4 is 28.6 Å². The Kier molecular flexibility index (Phi) is 4.56. The van der Waals surface area contributed by atoms with E-state index in [0.717, 1.165) is 22.5 Å². The first-order chi connectivity index (χ1) is 12.0. The molecular weight excluding hydrogens is 318 g/mol. The largest absolute Gasteiger partial charge is 0.465 e. The maximum absolute atomic E-state index is 12.1. The highest BCUT2D eigenvalue weighted by Gasteiger charge is 2.14. The van der Waals surface area contributed by atoms with E-state index < -0.39 is 0 Å². The van der Waals surface area contributed by atoms with E-state index in [-0.39, 0.29) is 5.97 Å². The monoisotopic (exact) mass is 339 g/mol. The van der Waals surface area contributed by atoms with Gasteiger partial charge >= 0.3 is 5.97 Å². The number of nitrogens with zero attached hydrogens (tertiary/aromatic N) is 4. The van der Waals surface area contributed by atoms with Gasteiger partial charge in [-0.1, -0.05) is 18.2 Å². The molecule has 0 spiro atoms. The molecule has 0 aliphatic rings. The van der Waals surface area contributed by atoms with Crippen molar-refractivity contribution in [2.24, 2.45) is 7.05 Å². The van der Waals surface area contributed by atoms with E-state index >= 15 is 0 Å². The van der Waals surface area contributed by atoms with E-state index in [1.807, 2.05) is 61.1 Å². The lowest BCUT2D eigenvalue weighted by molar-refractivity contribution is 0.0603. The molecule has 130 valence electrons. The zero-order valence-electron chi connectivity index (χ0n) is 14.8. The highest BCUT2D eigenvalue weighted by atomic mass is 16.5. The number of para-hydroxylation sites is 1. The van der Waals surface area contributed by atoms with Gasteiger partial charge in [0.1, 0.15) is 5.82 Å². The van der Waals surface area contributed by atoms with Crippen LogP contribution in [0.15, 0.2) is 36.5 Å². The summed E-state index contributed by atoms with van der Waals surface area (Å²) in [5, 5.41) is 4.04. The molecule has 0 saturated carbocycles. The fourth-order valence-electron chi connectivity index (χ4n) is 2.74. The van der Waals surface area contributed by atoms with Gasteiger partial charge in [-0.3, -0.25) is 0 Å². The van der Waals surface area contributed by atoms with Crippen LogP contribution in [0.5, 0.6) is 0 Å². The van der Waals surface area contributed by atoms with E-state index in [0.29, 0.717) is 17.9 Å². The Morgan fingerprint density at radius 3 is 2.76 bits per heavy atom. The smallest absolute Gasteiger partial charge is 0.338 e. The highest BCUT2D eigenvalue weighted by molar-refractivity contribution is 6.04. The maximum Gasteiger partial charge on any atom is 0.338 e. The number of aromatic nitrogens is 3. The summed E-state index contributed by atoms with van der Waals surface area (Å²) in [7, 11) is 7.25. The molecule has 1 N–H and O–H groups in total. The van der Waals surface area contributed by atoms with Crippen LogP contribution in [0.1, 0.15) is 16.1 Å². The molecule has 0 unspecified atom stereocenters. The summed E-state index contributed by atoms with van der Waals surface area (Å²) in [4.78, 5) is 23.0. The van der Waals surface area contributed by atoms with Crippen LogP contribution >= 0.6 is 0 Å². The Morgan fingerprint density at radius 2 is 2.08 bits per heavy atom. The van der Waals surface area contributed by atoms with Crippen LogP contribution in [-0.4, -0.2) is 41.7 Å². The van der Waals surface area contributed by atoms with E-state index in [2.05, 4.69) is 15.3 Å². The van der Waals surface area contributed by atoms with Crippen LogP contribution in [0.4, 0.5) is 11.8 Å². The normalized spacial score (nSPS) is 10.7. The summed E-state index contributed by atoms with van der Waals surface area (Å²) in [6.45, 7) is 0.545. The Balaban J connectivity index is 1.90. The number of anilines is 2. The zero-order valence-corrected chi connectivity index (χ0v) is 14.8. The molecule has 1 aromatic carbocycles. The number of esters is 1. The Bertz CT molecular complexity index is 917. The Morgan fingerprint density at radius 1 is 1.32 bits per heavy atom. The van der Waals surface area contributed by atoms with Gasteiger partial charge in [-0.25, -0.2) is 14.8 Å². The lowest BCUT2D eigenvalue weighted by Crippen LogP contribution is -2.15. The molecule has 2 aromatic heterocycles. The van der Waals surface area contributed by atoms with E-state index in [9.17, 15) is 4.79 Å². The van der Waals surface area contributed by atoms with E-state index in [1.165, 1.54) is 7.11 Å². The van der Waals surface area contributed by atoms with Crippen molar-refractivity contribution in [1.82, 2.24) is 14.5 Å². The van der Waals surface area contributed by atoms with Gasteiger partial charge in [0, 0.05) is 26.5 Å². The SMILES string of the molecule is COC(=O)c1cc(NCc2cnc(N(C)C)n2C)nc2ccccc12. The van der Waals surface area contributed by atoms with Crippen molar-refractivity contribution in [1.29, 1.82) is 0 Å². The van der Waals surface area contributed by atoms with Crippen LogP contribution in [-0.2, 0) is 18.3 Å². The number of fused-ring (bicyclic) bond motifs is 1. The van der Waals surface area contributed by atoms with Gasteiger partial charge in [0.15, 0.2) is 0 Å². The molecule has 0 atom stereocenters. The summed E-state index contributed by atoms with van der Waals surface area (Å²) in [6.07, 6.45) is 1.82. The molecule has 3 aromatic rings. The van der Waals surface area contributed by atoms with Crippen molar-refractivity contribution in [2.45, 2.75) is 6.54 Å². The van der Waals surface area contributed by atoms with Crippen molar-refractivity contribution in [3.05, 3.63) is 47.8 Å². The van der Waals surface area contributed by atoms with Crippen LogP contribution < -0.4 is 10.2 Å². The van der Waals surface area contributed by atoms with Crippen LogP contribution in [0.2, 0.25) is 0 Å². The van der Waals surface area contributed by atoms with Gasteiger partial charge in [0.2, 0.25) is 5.95 Å². The molecule has 7 heteroatoms. The third-order valence-electron chi connectivity index (χ3n) is 4.03. The number of rotatable bonds is 5. The molecule has 7 nitrogen and oxygen atoms in total. The first kappa shape index (κ1) is 16.8. The number of hydrogen-bond acceptors (Lipinski definition) is 6. The number of benzene rings is 1. The maximum atomic E-state index is 12.1. The minimum atomic E-state index is -0.378. The van der Waals surface area contributed by atoms with Gasteiger partial charge in [-0.05, 0) is 12.1 Å². The van der Waals surface area contributed by atoms with Gasteiger partial charge in [-0.2, -0.15) is 0 Å². The molecule has 0 amide bonds. The average molecular weight is 339 g/mol. The van der Waals surface area contributed by atoms with Crippen molar-refractivity contribution < 1.29 is 9.53 Å². The van der Waals surface area contributed by atoms with Crippen molar-refractivity contribution in [2.75, 3.05) is 31.4 Å². The first-order valence-corrected chi connectivity index (χ1v) is 7.91. The molecule has 0 fully saturated rings. The van der Waals surface area contributed by atoms with Crippen molar-refractivity contribution in [3.8, 4) is 0 Å². The molecule has 0 saturated heterocycles. The molecule has 0 aliphatic carbocycles. The topological polar surface area (TPSA) is 72.3 Å². The summed E-state index contributed by atoms with van der Waals surface area (Å²) >= 11 is 0. The third kappa shape index (κ3) is 3.26. The molecule has 2 heterocycles. The standard InChI is InChI=1S/C18H21N5O2/c1-22(2)18-20-11-12(23(18)3)10-19-16-9-14(17(24)25-4)13-7-5-6-8-15(13)21-16/h5-9,11H,10H2,1-4H3,(H,19,21). The summed E-state index contributed by atoms with van der Waals surface area (Å²) < 4.78 is 6.91. The van der Waals surface area contributed by atoms with E-state index in [1.54, 1.807) is 6.07 Å². The summed E-state index contributed by atoms with van der Waals surface area (Å²) in [5.74, 6) is 1.11. The number of methoxy groups -OCH3 is 1. The lowest BCUT2D eigenvalue weighted by atomic mass is 10.1. The number of nitrogens with one attached hydrogen (secondary N) is 1. The second-order valence-corrected chi connectivity index (χ2v) is 5.92. The molecule has 0 radical (unpaired) electrons. The van der Waals surface area contributed by atoms with Gasteiger partial charge in [0.25, 0.3) is 0 Å². The number of ether oxygens (including phenoxy) is 1. The van der Waals surface area contributed by atoms with Crippen LogP contribution in [0, 0.1) is 0 Å². The van der Waals surface area contributed by atoms with Crippen molar-refractivity contribution in [3.63, 3.8) is 0 Å². The second kappa shape index (κ2) is 6.80. The number of hydrogen-bond donors (Lipinski definition) is 1. The number of carbonyl (C=O) groups is 1. The Hall–Kier alpha value is -3.09. The number of pyridine rings is 1. The molecule has 25 heavy (non-hydrogen) atoms. The third-order valence-corrected chi connectivity index (χ3v) is 4.03. The fourth-order valence-corrected chi connectivity index (χ4v) is 2.74. The summed E-state index contributed by atoms with van der Waals surface area (Å²) in [5.41, 5.74) is 2.25. The second-order valence-electron chi connectivity index (χ2n) is 5.92. The lowest BCUT2D eigenvalue weighted by Gasteiger charge is -2.13. The van der Waals surface area contributed by atoms with E-state index in [4.69, 9.17) is 4.74 Å². The van der Waals surface area contributed by atoms with Gasteiger partial charge in [-0.15, -0.1) is 0 Å². The molecule has 0 aliphatic heterocycles. The van der Waals surface area contributed by atoms with Crippen LogP contribution in [0.3, 0.4) is 0 Å². The molecule has 3 rings (SSSR count). The number of carbonyl (C=O) groups excluding carboxylic acids is 1. The highest BCUT2D eigenvalue weighted by Crippen LogP contribution is 2.22. The average Bonchev–Trinajstić information content (AvgIpc) is 2.99. The molecular formula is C18H21N5O2. The quantitative estimate of drug-likeness (QED) is 0.720. The fraction of sp³-hybridized carbons (Fsp3) is 0.278. The van der Waals surface area contributed by atoms with Gasteiger partial charge in [0.05, 0.1) is 36.6 Å². The minimum Gasteiger partial charge on any atom is -0.465 e. The predicted molar refractivity (Wildman–Crippen MR) is 97.9 cm³/mol. The zero-order chi connectivity index (χ0) is 18.0. The van der Waals surface area contributed by atoms with Crippen LogP contribution in [0.25, 0.3) is 10.9 Å². The first-order valence-electron chi connectivity index (χ1n) is 7.91. The van der Waals surface area contributed by atoms with Gasteiger partial charge < -0.3 is 19.5 Å². The predicted octanol–water partition coefficient (Wildman–Crippen LogP) is 2.43. The Labute approximate surface area is 146 Å². The number of imidazole rings is 1. The summed E-state index contributed by atoms with van der Waals surface area (Å²) in [6, 6.07) is 9.23. The molecule has 0 bridgehead atoms.